The number of aromatic nitrogens is 1. The van der Waals surface area contributed by atoms with E-state index in [-0.39, 0.29) is 69.1 Å². The fourth-order valence-corrected chi connectivity index (χ4v) is 10.1. The second-order valence-corrected chi connectivity index (χ2v) is 22.6. The van der Waals surface area contributed by atoms with Gasteiger partial charge in [0.1, 0.15) is 48.0 Å². The summed E-state index contributed by atoms with van der Waals surface area (Å²) >= 11 is -1.17. The Morgan fingerprint density at radius 1 is 0.675 bits per heavy atom. The van der Waals surface area contributed by atoms with Gasteiger partial charge in [-0.1, -0.05) is 138 Å². The molecule has 10 N–H and O–H groups in total. The molecule has 0 aliphatic carbocycles. The van der Waals surface area contributed by atoms with E-state index in [4.69, 9.17) is 5.73 Å². The van der Waals surface area contributed by atoms with Gasteiger partial charge in [-0.05, 0) is 66.2 Å². The van der Waals surface area contributed by atoms with Crippen LogP contribution in [0.4, 0.5) is 0 Å². The molecule has 1 fully saturated rings. The maximum Gasteiger partial charge on any atom is 0.326 e. The molecule has 1 aliphatic heterocycles. The number of likely N-dealkylation sites (tertiary alicyclic amines) is 1. The summed E-state index contributed by atoms with van der Waals surface area (Å²) in [6.07, 6.45) is 4.94. The fraction of sp³-hybridized carbons (Fsp3) is 0.509. The molecular weight excluding hydrogens is 1000 g/mol. The van der Waals surface area contributed by atoms with Crippen molar-refractivity contribution in [2.75, 3.05) is 18.6 Å². The Hall–Kier alpha value is -6.77. The second-order valence-electron chi connectivity index (χ2n) is 21.1. The average Bonchev–Trinajstić information content (AvgIpc) is 4.06. The number of nitrogens with one attached hydrogen (secondary N) is 7. The number of carbonyl (C=O) groups excluding carboxylic acids is 7. The molecule has 4 aromatic rings. The molecule has 0 bridgehead atoms. The van der Waals surface area contributed by atoms with Crippen LogP contribution < -0.4 is 37.6 Å². The maximum absolute atomic E-state index is 14.8. The number of H-pyrrole nitrogens is 1. The summed E-state index contributed by atoms with van der Waals surface area (Å²) in [5, 5.41) is 27.8. The number of aliphatic carboxylic acids is 1. The molecule has 418 valence electrons. The standard InChI is InChI=1S/C57H79N9O10S/c1-8-36(6)49(57(74)75)65-54(71)46(32-39-33-59-42-23-16-15-22-40(39)42)62-52(69)44(30-37-18-11-9-12-19-37)61-53(70)45(31-38-20-13-10-14-21-38)63-55(72)48-24-17-26-66(48)56(73)47(29-35(4)5)64-51(68)43(28-34(2)3)60-50(67)41(58)25-27-77(7)76/h9-16,18-23,33-36,41,43-49,59H,8,17,24-32,58H2,1-7H3,(H,60,67)(H,61,70)(H,62,69)(H,63,72)(H,64,68)(H,65,71)(H,74,75)/t36-,41-,43-,44-,45-,46-,47-,48-,49-,77?/m0/s1. The number of carboxylic acids is 1. The van der Waals surface area contributed by atoms with Crippen LogP contribution in [0.5, 0.6) is 0 Å². The topological polar surface area (TPSA) is 297 Å². The number of para-hydroxylation sites is 1. The average molecular weight is 1080 g/mol. The molecular formula is C57H79N9O10S. The normalized spacial score (nSPS) is 17.0. The monoisotopic (exact) mass is 1080 g/mol. The van der Waals surface area contributed by atoms with E-state index < -0.39 is 113 Å². The summed E-state index contributed by atoms with van der Waals surface area (Å²) in [6, 6.07) is 16.0. The number of amides is 7. The molecule has 0 saturated carbocycles. The molecule has 7 amide bonds. The van der Waals surface area contributed by atoms with Gasteiger partial charge >= 0.3 is 5.97 Å². The van der Waals surface area contributed by atoms with Crippen LogP contribution in [0.25, 0.3) is 10.9 Å². The van der Waals surface area contributed by atoms with Gasteiger partial charge in [-0.3, -0.25) is 33.6 Å². The summed E-state index contributed by atoms with van der Waals surface area (Å²) in [4.78, 5) is 117. The smallest absolute Gasteiger partial charge is 0.326 e. The van der Waals surface area contributed by atoms with E-state index in [9.17, 15) is 48.0 Å². The quantitative estimate of drug-likeness (QED) is 0.0355. The van der Waals surface area contributed by atoms with Crippen LogP contribution in [-0.4, -0.2) is 134 Å². The molecule has 77 heavy (non-hydrogen) atoms. The molecule has 19 nitrogen and oxygen atoms in total. The Morgan fingerprint density at radius 3 is 1.73 bits per heavy atom. The van der Waals surface area contributed by atoms with Crippen molar-refractivity contribution >= 4 is 69.4 Å². The van der Waals surface area contributed by atoms with Crippen molar-refractivity contribution in [3.05, 3.63) is 108 Å². The van der Waals surface area contributed by atoms with E-state index in [2.05, 4.69) is 36.9 Å². The van der Waals surface area contributed by atoms with E-state index in [0.717, 1.165) is 10.9 Å². The van der Waals surface area contributed by atoms with E-state index in [1.165, 1.54) is 11.2 Å². The summed E-state index contributed by atoms with van der Waals surface area (Å²) in [7, 11) is 0. The van der Waals surface area contributed by atoms with Gasteiger partial charge in [0.2, 0.25) is 41.4 Å². The van der Waals surface area contributed by atoms with Crippen molar-refractivity contribution in [2.24, 2.45) is 23.5 Å². The van der Waals surface area contributed by atoms with Gasteiger partial charge in [-0.25, -0.2) is 4.79 Å². The minimum Gasteiger partial charge on any atom is -0.617 e. The molecule has 1 aliphatic rings. The van der Waals surface area contributed by atoms with Crippen molar-refractivity contribution < 1.29 is 48.0 Å². The molecule has 2 heterocycles. The summed E-state index contributed by atoms with van der Waals surface area (Å²) in [6.45, 7) is 11.3. The molecule has 0 spiro atoms. The van der Waals surface area contributed by atoms with Crippen LogP contribution in [0.3, 0.4) is 0 Å². The second kappa shape index (κ2) is 29.7. The van der Waals surface area contributed by atoms with Gasteiger partial charge < -0.3 is 57.2 Å². The molecule has 20 heteroatoms. The van der Waals surface area contributed by atoms with E-state index in [1.807, 2.05) is 65.0 Å². The number of nitrogens with two attached hydrogens (primary N) is 1. The largest absolute Gasteiger partial charge is 0.617 e. The fourth-order valence-electron chi connectivity index (χ4n) is 9.47. The Labute approximate surface area is 455 Å². The van der Waals surface area contributed by atoms with E-state index >= 15 is 0 Å². The zero-order valence-corrected chi connectivity index (χ0v) is 46.2. The van der Waals surface area contributed by atoms with Gasteiger partial charge in [-0.2, -0.15) is 0 Å². The number of benzene rings is 3. The van der Waals surface area contributed by atoms with Crippen molar-refractivity contribution in [2.45, 2.75) is 148 Å². The van der Waals surface area contributed by atoms with Crippen LogP contribution >= 0.6 is 0 Å². The lowest BCUT2D eigenvalue weighted by atomic mass is 9.97. The van der Waals surface area contributed by atoms with Crippen molar-refractivity contribution in [1.29, 1.82) is 0 Å². The van der Waals surface area contributed by atoms with Crippen LogP contribution in [0.1, 0.15) is 96.8 Å². The van der Waals surface area contributed by atoms with Crippen LogP contribution in [0.2, 0.25) is 0 Å². The van der Waals surface area contributed by atoms with Gasteiger partial charge in [0.15, 0.2) is 0 Å². The Bertz CT molecular complexity index is 2610. The van der Waals surface area contributed by atoms with Crippen LogP contribution in [0.15, 0.2) is 91.1 Å². The van der Waals surface area contributed by atoms with Gasteiger partial charge in [-0.15, -0.1) is 0 Å². The first-order valence-electron chi connectivity index (χ1n) is 26.7. The van der Waals surface area contributed by atoms with E-state index in [1.54, 1.807) is 67.7 Å². The predicted molar refractivity (Wildman–Crippen MR) is 296 cm³/mol. The SMILES string of the molecule is CC[C@H](C)[C@H](NC(=O)[C@H](Cc1c[nH]c2ccccc12)NC(=O)[C@H](Cc1ccccc1)NC(=O)[C@H](Cc1ccccc1)NC(=O)[C@@H]1CCCN1C(=O)[C@H](CC(C)C)NC(=O)[C@H](CC(C)C)NC(=O)[C@@H](N)CC[S+](C)[O-])C(=O)O. The van der Waals surface area contributed by atoms with Crippen molar-refractivity contribution in [3.8, 4) is 0 Å². The first-order chi connectivity index (χ1) is 36.6. The van der Waals surface area contributed by atoms with Gasteiger partial charge in [0.25, 0.3) is 0 Å². The highest BCUT2D eigenvalue weighted by Crippen LogP contribution is 2.23. The highest BCUT2D eigenvalue weighted by atomic mass is 32.2. The lowest BCUT2D eigenvalue weighted by Crippen LogP contribution is -2.61. The number of hydrogen-bond donors (Lipinski definition) is 9. The molecule has 0 radical (unpaired) electrons. The zero-order chi connectivity index (χ0) is 56.3. The van der Waals surface area contributed by atoms with Crippen LogP contribution in [0, 0.1) is 17.8 Å². The Balaban J connectivity index is 1.41. The Morgan fingerprint density at radius 2 is 1.17 bits per heavy atom. The first-order valence-corrected chi connectivity index (χ1v) is 28.4. The number of rotatable bonds is 29. The third-order valence-electron chi connectivity index (χ3n) is 13.9. The molecule has 1 aromatic heterocycles. The van der Waals surface area contributed by atoms with E-state index in [0.29, 0.717) is 29.5 Å². The zero-order valence-electron chi connectivity index (χ0n) is 45.3. The molecule has 3 aromatic carbocycles. The number of carboxylic acid groups (broad SMARTS) is 1. The highest BCUT2D eigenvalue weighted by molar-refractivity contribution is 7.90. The summed E-state index contributed by atoms with van der Waals surface area (Å²) in [5.74, 6) is -6.06. The number of fused-ring (bicyclic) bond motifs is 1. The lowest BCUT2D eigenvalue weighted by Gasteiger charge is -2.32. The summed E-state index contributed by atoms with van der Waals surface area (Å²) < 4.78 is 11.7. The minimum absolute atomic E-state index is 0.00844. The number of aromatic amines is 1. The molecule has 1 unspecified atom stereocenters. The number of nitrogens with zero attached hydrogens (tertiary/aromatic N) is 1. The summed E-state index contributed by atoms with van der Waals surface area (Å²) in [5.41, 5.74) is 8.93. The molecule has 1 saturated heterocycles. The van der Waals surface area contributed by atoms with Crippen molar-refractivity contribution in [3.63, 3.8) is 0 Å². The van der Waals surface area contributed by atoms with Gasteiger partial charge in [0, 0.05) is 49.3 Å². The van der Waals surface area contributed by atoms with Crippen molar-refractivity contribution in [1.82, 2.24) is 41.8 Å². The number of carbonyl (C=O) groups is 8. The molecule has 5 rings (SSSR count). The maximum atomic E-state index is 14.8. The number of hydrogen-bond acceptors (Lipinski definition) is 10. The Kier molecular flexibility index (Phi) is 23.5. The third-order valence-corrected chi connectivity index (χ3v) is 14.7. The predicted octanol–water partition coefficient (Wildman–Crippen LogP) is 3.41. The van der Waals surface area contributed by atoms with Crippen LogP contribution in [-0.2, 0) is 68.8 Å². The first kappa shape index (κ1) is 61.1. The third kappa shape index (κ3) is 18.5. The highest BCUT2D eigenvalue weighted by Gasteiger charge is 2.41. The lowest BCUT2D eigenvalue weighted by molar-refractivity contribution is -0.144. The van der Waals surface area contributed by atoms with Gasteiger partial charge in [0.05, 0.1) is 12.3 Å². The molecule has 10 atom stereocenters. The minimum atomic E-state index is -1.31.